The Bertz CT molecular complexity index is 367. The van der Waals surface area contributed by atoms with E-state index in [-0.39, 0.29) is 19.0 Å². The third-order valence-corrected chi connectivity index (χ3v) is 2.54. The van der Waals surface area contributed by atoms with E-state index >= 15 is 0 Å². The Morgan fingerprint density at radius 1 is 1.28 bits per heavy atom. The van der Waals surface area contributed by atoms with Crippen LogP contribution in [0.2, 0.25) is 0 Å². The van der Waals surface area contributed by atoms with Gasteiger partial charge < -0.3 is 15.2 Å². The van der Waals surface area contributed by atoms with Gasteiger partial charge >= 0.3 is 0 Å². The van der Waals surface area contributed by atoms with Crippen molar-refractivity contribution < 1.29 is 18.6 Å². The summed E-state index contributed by atoms with van der Waals surface area (Å²) in [6.07, 6.45) is 0.921. The highest BCUT2D eigenvalue weighted by molar-refractivity contribution is 5.23. The summed E-state index contributed by atoms with van der Waals surface area (Å²) >= 11 is 0. The first kappa shape index (κ1) is 14.9. The van der Waals surface area contributed by atoms with Crippen molar-refractivity contribution in [3.8, 4) is 5.75 Å². The van der Waals surface area contributed by atoms with E-state index in [9.17, 15) is 13.9 Å². The van der Waals surface area contributed by atoms with Gasteiger partial charge in [-0.25, -0.2) is 8.78 Å². The molecule has 0 fully saturated rings. The number of nitrogens with one attached hydrogen (secondary N) is 1. The molecule has 1 rings (SSSR count). The number of aliphatic hydroxyl groups excluding tert-OH is 1. The number of hydrogen-bond acceptors (Lipinski definition) is 3. The van der Waals surface area contributed by atoms with Gasteiger partial charge in [-0.2, -0.15) is 0 Å². The summed E-state index contributed by atoms with van der Waals surface area (Å²) in [5.74, 6) is -1.25. The minimum atomic E-state index is -0.683. The number of halogens is 2. The lowest BCUT2D eigenvalue weighted by atomic mass is 10.1. The van der Waals surface area contributed by atoms with Crippen molar-refractivity contribution in [2.75, 3.05) is 19.8 Å². The van der Waals surface area contributed by atoms with Gasteiger partial charge in [-0.3, -0.25) is 0 Å². The molecule has 1 unspecified atom stereocenters. The zero-order valence-electron chi connectivity index (χ0n) is 10.7. The fourth-order valence-corrected chi connectivity index (χ4v) is 1.43. The maximum absolute atomic E-state index is 12.9. The highest BCUT2D eigenvalue weighted by Crippen LogP contribution is 2.17. The van der Waals surface area contributed by atoms with Crippen LogP contribution in [-0.4, -0.2) is 30.4 Å². The molecule has 0 amide bonds. The van der Waals surface area contributed by atoms with E-state index in [2.05, 4.69) is 5.32 Å². The maximum Gasteiger partial charge on any atom is 0.129 e. The molecule has 102 valence electrons. The Hall–Kier alpha value is -1.20. The van der Waals surface area contributed by atoms with Crippen molar-refractivity contribution in [3.05, 3.63) is 29.8 Å². The van der Waals surface area contributed by atoms with Crippen molar-refractivity contribution in [1.29, 1.82) is 0 Å². The molecule has 0 spiro atoms. The molecule has 0 saturated carbocycles. The standard InChI is InChI=1S/C13H19F2NO2/c1-3-4-16-13(2,8-17)9-18-12-6-10(14)5-11(15)7-12/h5-7,16-17H,3-4,8-9H2,1-2H3. The average Bonchev–Trinajstić information content (AvgIpc) is 2.33. The number of aliphatic hydroxyl groups is 1. The molecule has 2 N–H and O–H groups in total. The van der Waals surface area contributed by atoms with E-state index in [0.29, 0.717) is 0 Å². The van der Waals surface area contributed by atoms with Gasteiger partial charge in [0.2, 0.25) is 0 Å². The topological polar surface area (TPSA) is 41.5 Å². The van der Waals surface area contributed by atoms with Gasteiger partial charge in [-0.05, 0) is 19.9 Å². The van der Waals surface area contributed by atoms with Gasteiger partial charge in [0.1, 0.15) is 24.0 Å². The van der Waals surface area contributed by atoms with Crippen molar-refractivity contribution in [2.24, 2.45) is 0 Å². The second-order valence-corrected chi connectivity index (χ2v) is 4.54. The predicted molar refractivity (Wildman–Crippen MR) is 65.6 cm³/mol. The van der Waals surface area contributed by atoms with Crippen LogP contribution in [0.25, 0.3) is 0 Å². The van der Waals surface area contributed by atoms with E-state index in [1.54, 1.807) is 6.92 Å². The second kappa shape index (κ2) is 6.66. The molecule has 3 nitrogen and oxygen atoms in total. The molecule has 0 aliphatic rings. The summed E-state index contributed by atoms with van der Waals surface area (Å²) in [6, 6.07) is 3.01. The molecule has 0 aliphatic carbocycles. The monoisotopic (exact) mass is 259 g/mol. The molecule has 1 aromatic rings. The lowest BCUT2D eigenvalue weighted by Gasteiger charge is -2.28. The molecular weight excluding hydrogens is 240 g/mol. The molecule has 0 heterocycles. The minimum absolute atomic E-state index is 0.116. The fraction of sp³-hybridized carbons (Fsp3) is 0.538. The van der Waals surface area contributed by atoms with Crippen LogP contribution >= 0.6 is 0 Å². The van der Waals surface area contributed by atoms with Crippen molar-refractivity contribution in [3.63, 3.8) is 0 Å². The van der Waals surface area contributed by atoms with E-state index < -0.39 is 17.2 Å². The highest BCUT2D eigenvalue weighted by Gasteiger charge is 2.23. The summed E-state index contributed by atoms with van der Waals surface area (Å²) in [7, 11) is 0. The van der Waals surface area contributed by atoms with Gasteiger partial charge in [0, 0.05) is 18.2 Å². The zero-order chi connectivity index (χ0) is 13.6. The Kier molecular flexibility index (Phi) is 5.50. The number of hydrogen-bond donors (Lipinski definition) is 2. The van der Waals surface area contributed by atoms with Gasteiger partial charge in [-0.15, -0.1) is 0 Å². The van der Waals surface area contributed by atoms with Crippen LogP contribution in [0.4, 0.5) is 8.78 Å². The molecule has 0 aromatic heterocycles. The third kappa shape index (κ3) is 4.58. The highest BCUT2D eigenvalue weighted by atomic mass is 19.1. The first-order valence-corrected chi connectivity index (χ1v) is 5.94. The van der Waals surface area contributed by atoms with E-state index in [4.69, 9.17) is 4.74 Å². The largest absolute Gasteiger partial charge is 0.491 e. The maximum atomic E-state index is 12.9. The lowest BCUT2D eigenvalue weighted by molar-refractivity contribution is 0.115. The number of rotatable bonds is 7. The Morgan fingerprint density at radius 2 is 1.89 bits per heavy atom. The average molecular weight is 259 g/mol. The molecule has 18 heavy (non-hydrogen) atoms. The molecule has 0 saturated heterocycles. The summed E-state index contributed by atoms with van der Waals surface area (Å²) in [5, 5.41) is 12.4. The normalized spacial score (nSPS) is 14.3. The zero-order valence-corrected chi connectivity index (χ0v) is 10.7. The van der Waals surface area contributed by atoms with E-state index in [1.807, 2.05) is 6.92 Å². The SMILES string of the molecule is CCCNC(C)(CO)COc1cc(F)cc(F)c1. The summed E-state index contributed by atoms with van der Waals surface area (Å²) in [5.41, 5.74) is -0.626. The second-order valence-electron chi connectivity index (χ2n) is 4.54. The molecule has 1 aromatic carbocycles. The molecule has 5 heteroatoms. The van der Waals surface area contributed by atoms with Crippen molar-refractivity contribution in [1.82, 2.24) is 5.32 Å². The van der Waals surface area contributed by atoms with Crippen molar-refractivity contribution >= 4 is 0 Å². The molecular formula is C13H19F2NO2. The molecule has 1 atom stereocenters. The summed E-state index contributed by atoms with van der Waals surface area (Å²) in [4.78, 5) is 0. The van der Waals surface area contributed by atoms with E-state index in [1.165, 1.54) is 0 Å². The first-order valence-electron chi connectivity index (χ1n) is 5.94. The Labute approximate surface area is 106 Å². The number of ether oxygens (including phenoxy) is 1. The quantitative estimate of drug-likeness (QED) is 0.788. The van der Waals surface area contributed by atoms with Crippen LogP contribution in [0.3, 0.4) is 0 Å². The Balaban J connectivity index is 2.61. The van der Waals surface area contributed by atoms with Gasteiger partial charge in [0.25, 0.3) is 0 Å². The molecule has 0 bridgehead atoms. The van der Waals surface area contributed by atoms with Crippen molar-refractivity contribution in [2.45, 2.75) is 25.8 Å². The van der Waals surface area contributed by atoms with Crippen LogP contribution in [0.5, 0.6) is 5.75 Å². The van der Waals surface area contributed by atoms with Gasteiger partial charge in [0.05, 0.1) is 12.1 Å². The Morgan fingerprint density at radius 3 is 2.39 bits per heavy atom. The first-order chi connectivity index (χ1) is 8.49. The smallest absolute Gasteiger partial charge is 0.129 e. The van der Waals surface area contributed by atoms with E-state index in [0.717, 1.165) is 31.2 Å². The molecule has 0 radical (unpaired) electrons. The minimum Gasteiger partial charge on any atom is -0.491 e. The van der Waals surface area contributed by atoms with Gasteiger partial charge in [0.15, 0.2) is 0 Å². The summed E-state index contributed by atoms with van der Waals surface area (Å²) < 4.78 is 31.2. The summed E-state index contributed by atoms with van der Waals surface area (Å²) in [6.45, 7) is 4.54. The van der Waals surface area contributed by atoms with Crippen LogP contribution in [0.1, 0.15) is 20.3 Å². The predicted octanol–water partition coefficient (Wildman–Crippen LogP) is 2.09. The third-order valence-electron chi connectivity index (χ3n) is 2.54. The van der Waals surface area contributed by atoms with Gasteiger partial charge in [-0.1, -0.05) is 6.92 Å². The van der Waals surface area contributed by atoms with Crippen LogP contribution < -0.4 is 10.1 Å². The van der Waals surface area contributed by atoms with Crippen LogP contribution in [0, 0.1) is 11.6 Å². The van der Waals surface area contributed by atoms with Crippen LogP contribution in [0.15, 0.2) is 18.2 Å². The number of benzene rings is 1. The lowest BCUT2D eigenvalue weighted by Crippen LogP contribution is -2.50. The fourth-order valence-electron chi connectivity index (χ4n) is 1.43. The van der Waals surface area contributed by atoms with Crippen LogP contribution in [-0.2, 0) is 0 Å². The molecule has 0 aliphatic heterocycles.